The van der Waals surface area contributed by atoms with Crippen LogP contribution >= 0.6 is 0 Å². The summed E-state index contributed by atoms with van der Waals surface area (Å²) in [5.41, 5.74) is 1.04. The van der Waals surface area contributed by atoms with Crippen molar-refractivity contribution in [1.29, 1.82) is 0 Å². The molecular weight excluding hydrogens is 232 g/mol. The second kappa shape index (κ2) is 3.90. The van der Waals surface area contributed by atoms with Crippen LogP contribution in [-0.2, 0) is 10.2 Å². The zero-order valence-electron chi connectivity index (χ0n) is 10.4. The molecule has 0 spiro atoms. The Bertz CT molecular complexity index is 503. The number of carbonyl (C=O) groups is 1. The molecule has 18 heavy (non-hydrogen) atoms. The summed E-state index contributed by atoms with van der Waals surface area (Å²) in [5, 5.41) is 9.53. The molecule has 2 aliphatic rings. The molecule has 0 atom stereocenters. The lowest BCUT2D eigenvalue weighted by Gasteiger charge is -2.40. The number of rotatable bonds is 2. The Kier molecular flexibility index (Phi) is 2.47. The van der Waals surface area contributed by atoms with Crippen LogP contribution in [0.25, 0.3) is 0 Å². The molecule has 1 aliphatic heterocycles. The number of carboxylic acids is 1. The average molecular weight is 248 g/mol. The molecular formula is C14H16O4. The van der Waals surface area contributed by atoms with Gasteiger partial charge in [-0.2, -0.15) is 0 Å². The van der Waals surface area contributed by atoms with E-state index in [1.54, 1.807) is 0 Å². The minimum Gasteiger partial charge on any atom is -0.486 e. The fraction of sp³-hybridized carbons (Fsp3) is 0.500. The van der Waals surface area contributed by atoms with Crippen molar-refractivity contribution in [2.75, 3.05) is 13.2 Å². The molecule has 0 unspecified atom stereocenters. The number of carboxylic acid groups (broad SMARTS) is 1. The topological polar surface area (TPSA) is 55.8 Å². The van der Waals surface area contributed by atoms with E-state index < -0.39 is 11.4 Å². The minimum absolute atomic E-state index is 0.485. The van der Waals surface area contributed by atoms with Crippen molar-refractivity contribution in [3.63, 3.8) is 0 Å². The van der Waals surface area contributed by atoms with E-state index >= 15 is 0 Å². The van der Waals surface area contributed by atoms with Crippen molar-refractivity contribution in [1.82, 2.24) is 0 Å². The Morgan fingerprint density at radius 3 is 2.61 bits per heavy atom. The first kappa shape index (κ1) is 11.4. The smallest absolute Gasteiger partial charge is 0.314 e. The van der Waals surface area contributed by atoms with Gasteiger partial charge in [-0.3, -0.25) is 4.79 Å². The van der Waals surface area contributed by atoms with E-state index in [9.17, 15) is 9.90 Å². The SMILES string of the molecule is Cc1cc2c(c(C3(C(=O)O)CCC3)c1)OCCO2. The monoisotopic (exact) mass is 248 g/mol. The highest BCUT2D eigenvalue weighted by atomic mass is 16.6. The lowest BCUT2D eigenvalue weighted by molar-refractivity contribution is -0.147. The van der Waals surface area contributed by atoms with Gasteiger partial charge < -0.3 is 14.6 Å². The van der Waals surface area contributed by atoms with Crippen LogP contribution in [-0.4, -0.2) is 24.3 Å². The fourth-order valence-corrected chi connectivity index (χ4v) is 2.78. The first-order valence-electron chi connectivity index (χ1n) is 6.28. The van der Waals surface area contributed by atoms with Crippen LogP contribution in [0.3, 0.4) is 0 Å². The highest BCUT2D eigenvalue weighted by Crippen LogP contribution is 2.50. The van der Waals surface area contributed by atoms with Crippen LogP contribution in [0.15, 0.2) is 12.1 Å². The van der Waals surface area contributed by atoms with Gasteiger partial charge in [0.05, 0.1) is 5.41 Å². The van der Waals surface area contributed by atoms with E-state index in [1.807, 2.05) is 19.1 Å². The number of aryl methyl sites for hydroxylation is 1. The Morgan fingerprint density at radius 1 is 1.28 bits per heavy atom. The standard InChI is InChI=1S/C14H16O4/c1-9-7-10(14(13(15)16)3-2-4-14)12-11(8-9)17-5-6-18-12/h7-8H,2-6H2,1H3,(H,15,16). The molecule has 0 aromatic heterocycles. The number of fused-ring (bicyclic) bond motifs is 1. The zero-order chi connectivity index (χ0) is 12.8. The van der Waals surface area contributed by atoms with Gasteiger partial charge in [0.15, 0.2) is 11.5 Å². The minimum atomic E-state index is -0.767. The molecule has 1 saturated carbocycles. The molecule has 1 heterocycles. The van der Waals surface area contributed by atoms with Gasteiger partial charge >= 0.3 is 5.97 Å². The molecule has 1 aliphatic carbocycles. The summed E-state index contributed by atoms with van der Waals surface area (Å²) >= 11 is 0. The Labute approximate surface area is 106 Å². The second-order valence-electron chi connectivity index (χ2n) is 5.08. The Hall–Kier alpha value is -1.71. The summed E-state index contributed by atoms with van der Waals surface area (Å²) in [6, 6.07) is 3.84. The average Bonchev–Trinajstić information content (AvgIpc) is 2.26. The van der Waals surface area contributed by atoms with Crippen LogP contribution in [0.5, 0.6) is 11.5 Å². The maximum Gasteiger partial charge on any atom is 0.314 e. The molecule has 96 valence electrons. The maximum absolute atomic E-state index is 11.6. The Morgan fingerprint density at radius 2 is 2.00 bits per heavy atom. The number of ether oxygens (including phenoxy) is 2. The Balaban J connectivity index is 2.16. The van der Waals surface area contributed by atoms with Gasteiger partial charge in [0.25, 0.3) is 0 Å². The number of hydrogen-bond acceptors (Lipinski definition) is 3. The summed E-state index contributed by atoms with van der Waals surface area (Å²) in [6.07, 6.45) is 2.32. The maximum atomic E-state index is 11.6. The van der Waals surface area contributed by atoms with Crippen molar-refractivity contribution in [3.05, 3.63) is 23.3 Å². The molecule has 1 N–H and O–H groups in total. The number of hydrogen-bond donors (Lipinski definition) is 1. The van der Waals surface area contributed by atoms with E-state index in [-0.39, 0.29) is 0 Å². The van der Waals surface area contributed by atoms with Gasteiger partial charge in [-0.15, -0.1) is 0 Å². The first-order chi connectivity index (χ1) is 8.63. The summed E-state index contributed by atoms with van der Waals surface area (Å²) in [4.78, 5) is 11.6. The zero-order valence-corrected chi connectivity index (χ0v) is 10.4. The quantitative estimate of drug-likeness (QED) is 0.872. The van der Waals surface area contributed by atoms with Gasteiger partial charge in [0.2, 0.25) is 0 Å². The highest BCUT2D eigenvalue weighted by Gasteiger charge is 2.48. The molecule has 0 saturated heterocycles. The van der Waals surface area contributed by atoms with E-state index in [2.05, 4.69) is 0 Å². The molecule has 0 bridgehead atoms. The first-order valence-corrected chi connectivity index (χ1v) is 6.28. The summed E-state index contributed by atoms with van der Waals surface area (Å²) in [5.74, 6) is 0.563. The van der Waals surface area contributed by atoms with Gasteiger partial charge in [-0.25, -0.2) is 0 Å². The van der Waals surface area contributed by atoms with Crippen LogP contribution in [0, 0.1) is 6.92 Å². The fourth-order valence-electron chi connectivity index (χ4n) is 2.78. The van der Waals surface area contributed by atoms with Crippen LogP contribution in [0.4, 0.5) is 0 Å². The summed E-state index contributed by atoms with van der Waals surface area (Å²) < 4.78 is 11.2. The van der Waals surface area contributed by atoms with Gasteiger partial charge in [-0.1, -0.05) is 12.5 Å². The van der Waals surface area contributed by atoms with Crippen LogP contribution in [0.1, 0.15) is 30.4 Å². The molecule has 1 aromatic rings. The molecule has 0 amide bonds. The van der Waals surface area contributed by atoms with Crippen molar-refractivity contribution in [2.24, 2.45) is 0 Å². The van der Waals surface area contributed by atoms with Crippen molar-refractivity contribution >= 4 is 5.97 Å². The molecule has 1 aromatic carbocycles. The van der Waals surface area contributed by atoms with Crippen LogP contribution in [0.2, 0.25) is 0 Å². The second-order valence-corrected chi connectivity index (χ2v) is 5.08. The largest absolute Gasteiger partial charge is 0.486 e. The predicted molar refractivity (Wildman–Crippen MR) is 65.3 cm³/mol. The third-order valence-electron chi connectivity index (χ3n) is 3.92. The molecule has 4 nitrogen and oxygen atoms in total. The lowest BCUT2D eigenvalue weighted by atomic mass is 9.64. The number of aliphatic carboxylic acids is 1. The summed E-state index contributed by atoms with van der Waals surface area (Å²) in [7, 11) is 0. The number of benzene rings is 1. The van der Waals surface area contributed by atoms with Crippen molar-refractivity contribution in [3.8, 4) is 11.5 Å². The van der Waals surface area contributed by atoms with E-state index in [0.29, 0.717) is 37.6 Å². The molecule has 1 fully saturated rings. The van der Waals surface area contributed by atoms with Crippen molar-refractivity contribution in [2.45, 2.75) is 31.6 Å². The van der Waals surface area contributed by atoms with Gasteiger partial charge in [0, 0.05) is 5.56 Å². The molecule has 4 heteroatoms. The molecule has 0 radical (unpaired) electrons. The van der Waals surface area contributed by atoms with Gasteiger partial charge in [0.1, 0.15) is 13.2 Å². The van der Waals surface area contributed by atoms with Gasteiger partial charge in [-0.05, 0) is 31.4 Å². The third-order valence-corrected chi connectivity index (χ3v) is 3.92. The predicted octanol–water partition coefficient (Wildman–Crippen LogP) is 2.27. The lowest BCUT2D eigenvalue weighted by Crippen LogP contribution is -2.43. The van der Waals surface area contributed by atoms with E-state index in [0.717, 1.165) is 17.5 Å². The third kappa shape index (κ3) is 1.48. The van der Waals surface area contributed by atoms with Crippen molar-refractivity contribution < 1.29 is 19.4 Å². The normalized spacial score (nSPS) is 20.1. The summed E-state index contributed by atoms with van der Waals surface area (Å²) in [6.45, 7) is 2.96. The van der Waals surface area contributed by atoms with E-state index in [4.69, 9.17) is 9.47 Å². The molecule has 3 rings (SSSR count). The highest BCUT2D eigenvalue weighted by molar-refractivity contribution is 5.84. The van der Waals surface area contributed by atoms with E-state index in [1.165, 1.54) is 0 Å². The van der Waals surface area contributed by atoms with Crippen LogP contribution < -0.4 is 9.47 Å².